The summed E-state index contributed by atoms with van der Waals surface area (Å²) in [7, 11) is 0. The van der Waals surface area contributed by atoms with Crippen molar-refractivity contribution >= 4 is 5.91 Å². The van der Waals surface area contributed by atoms with Crippen LogP contribution in [0.1, 0.15) is 35.5 Å². The van der Waals surface area contributed by atoms with E-state index in [-0.39, 0.29) is 17.8 Å². The van der Waals surface area contributed by atoms with E-state index in [0.29, 0.717) is 18.5 Å². The molecule has 6 nitrogen and oxygen atoms in total. The van der Waals surface area contributed by atoms with Crippen molar-refractivity contribution in [2.24, 2.45) is 5.41 Å². The monoisotopic (exact) mass is 422 g/mol. The maximum absolute atomic E-state index is 13.7. The first-order valence-electron chi connectivity index (χ1n) is 8.38. The second kappa shape index (κ2) is 6.71. The second-order valence-electron chi connectivity index (χ2n) is 7.41. The third-order valence-corrected chi connectivity index (χ3v) is 4.74. The molecule has 2 aromatic heterocycles. The van der Waals surface area contributed by atoms with Crippen LogP contribution in [0, 0.1) is 5.41 Å². The zero-order valence-corrected chi connectivity index (χ0v) is 15.2. The largest absolute Gasteiger partial charge is 0.434 e. The van der Waals surface area contributed by atoms with Gasteiger partial charge in [0.15, 0.2) is 11.5 Å². The van der Waals surface area contributed by atoms with Crippen LogP contribution in [0.3, 0.4) is 0 Å². The maximum atomic E-state index is 13.7. The number of rotatable bonds is 2. The van der Waals surface area contributed by atoms with E-state index >= 15 is 0 Å². The molecule has 12 heteroatoms. The molecule has 1 atom stereocenters. The Hall–Kier alpha value is -2.63. The first kappa shape index (κ1) is 21.1. The molecule has 158 valence electrons. The minimum Gasteiger partial charge on any atom is -0.391 e. The van der Waals surface area contributed by atoms with E-state index in [1.807, 2.05) is 0 Å². The minimum atomic E-state index is -5.03. The van der Waals surface area contributed by atoms with Crippen LogP contribution in [0.2, 0.25) is 0 Å². The lowest BCUT2D eigenvalue weighted by Gasteiger charge is -2.21. The minimum absolute atomic E-state index is 0.0357. The molecule has 1 amide bonds. The molecule has 1 saturated heterocycles. The summed E-state index contributed by atoms with van der Waals surface area (Å²) < 4.78 is 79.3. The molecule has 2 aromatic rings. The number of β-amino-alcohol motifs (C(OH)–C–C–N with tert-alkyl or cyclic N) is 1. The molecule has 0 spiro atoms. The van der Waals surface area contributed by atoms with E-state index in [1.54, 1.807) is 13.8 Å². The maximum Gasteiger partial charge on any atom is 0.434 e. The number of hydrogen-bond acceptors (Lipinski definition) is 4. The molecule has 29 heavy (non-hydrogen) atoms. The quantitative estimate of drug-likeness (QED) is 0.755. The Labute approximate surface area is 160 Å². The van der Waals surface area contributed by atoms with Crippen molar-refractivity contribution in [2.75, 3.05) is 13.1 Å². The number of carbonyl (C=O) groups is 1. The molecule has 0 aliphatic carbocycles. The molecule has 0 radical (unpaired) electrons. The average Bonchev–Trinajstić information content (AvgIpc) is 3.15. The predicted octanol–water partition coefficient (Wildman–Crippen LogP) is 3.15. The Bertz CT molecular complexity index is 917. The van der Waals surface area contributed by atoms with Crippen molar-refractivity contribution < 1.29 is 36.2 Å². The number of amides is 1. The molecule has 0 aromatic carbocycles. The fraction of sp³-hybridized carbons (Fsp3) is 0.471. The topological polar surface area (TPSA) is 71.2 Å². The fourth-order valence-corrected chi connectivity index (χ4v) is 3.07. The normalized spacial score (nSPS) is 19.6. The Morgan fingerprint density at radius 2 is 1.79 bits per heavy atom. The standard InChI is InChI=1S/C17H16F6N4O2/c1-15(2)8-26(7-11(15)28)14(29)10-6-25-27(13(10)17(21,22)23)12-4-3-9(5-24-12)16(18,19)20/h3-6,11,28H,7-8H2,1-2H3/t11-/m1/s1. The van der Waals surface area contributed by atoms with Gasteiger partial charge < -0.3 is 10.0 Å². The van der Waals surface area contributed by atoms with E-state index < -0.39 is 52.4 Å². The van der Waals surface area contributed by atoms with Crippen LogP contribution < -0.4 is 0 Å². The van der Waals surface area contributed by atoms with Gasteiger partial charge in [0.1, 0.15) is 0 Å². The Morgan fingerprint density at radius 1 is 1.14 bits per heavy atom. The summed E-state index contributed by atoms with van der Waals surface area (Å²) in [5.41, 5.74) is -4.05. The highest BCUT2D eigenvalue weighted by atomic mass is 19.4. The number of aliphatic hydroxyl groups excluding tert-OH is 1. The number of carbonyl (C=O) groups excluding carboxylic acids is 1. The Morgan fingerprint density at radius 3 is 2.24 bits per heavy atom. The molecular weight excluding hydrogens is 406 g/mol. The summed E-state index contributed by atoms with van der Waals surface area (Å²) in [6, 6.07) is 1.31. The van der Waals surface area contributed by atoms with Gasteiger partial charge in [-0.05, 0) is 12.1 Å². The van der Waals surface area contributed by atoms with Crippen LogP contribution in [0.4, 0.5) is 26.3 Å². The summed E-state index contributed by atoms with van der Waals surface area (Å²) in [4.78, 5) is 17.2. The summed E-state index contributed by atoms with van der Waals surface area (Å²) in [5.74, 6) is -1.51. The number of aromatic nitrogens is 3. The van der Waals surface area contributed by atoms with Crippen LogP contribution in [-0.2, 0) is 12.4 Å². The average molecular weight is 422 g/mol. The summed E-state index contributed by atoms with van der Waals surface area (Å²) in [5, 5.41) is 13.5. The van der Waals surface area contributed by atoms with Crippen molar-refractivity contribution in [1.82, 2.24) is 19.7 Å². The van der Waals surface area contributed by atoms with Gasteiger partial charge in [0.05, 0.1) is 23.4 Å². The number of hydrogen-bond donors (Lipinski definition) is 1. The summed E-state index contributed by atoms with van der Waals surface area (Å²) in [6.07, 6.45) is -9.56. The number of likely N-dealkylation sites (tertiary alicyclic amines) is 1. The van der Waals surface area contributed by atoms with E-state index in [9.17, 15) is 36.2 Å². The number of aliphatic hydroxyl groups is 1. The smallest absolute Gasteiger partial charge is 0.391 e. The fourth-order valence-electron chi connectivity index (χ4n) is 3.07. The van der Waals surface area contributed by atoms with E-state index in [2.05, 4.69) is 10.1 Å². The van der Waals surface area contributed by atoms with Crippen LogP contribution in [0.25, 0.3) is 5.82 Å². The zero-order valence-electron chi connectivity index (χ0n) is 15.2. The molecule has 3 rings (SSSR count). The highest BCUT2D eigenvalue weighted by Crippen LogP contribution is 2.36. The lowest BCUT2D eigenvalue weighted by molar-refractivity contribution is -0.143. The van der Waals surface area contributed by atoms with Gasteiger partial charge in [-0.25, -0.2) is 9.67 Å². The number of pyridine rings is 1. The van der Waals surface area contributed by atoms with Gasteiger partial charge in [0.25, 0.3) is 5.91 Å². The Kier molecular flexibility index (Phi) is 4.88. The molecule has 0 saturated carbocycles. The summed E-state index contributed by atoms with van der Waals surface area (Å²) >= 11 is 0. The van der Waals surface area contributed by atoms with Crippen LogP contribution in [0.15, 0.2) is 24.5 Å². The lowest BCUT2D eigenvalue weighted by Crippen LogP contribution is -2.32. The van der Waals surface area contributed by atoms with Gasteiger partial charge in [-0.3, -0.25) is 4.79 Å². The molecule has 1 aliphatic rings. The number of nitrogens with zero attached hydrogens (tertiary/aromatic N) is 4. The highest BCUT2D eigenvalue weighted by Gasteiger charge is 2.45. The second-order valence-corrected chi connectivity index (χ2v) is 7.41. The number of alkyl halides is 6. The van der Waals surface area contributed by atoms with Crippen LogP contribution in [-0.4, -0.2) is 49.9 Å². The third-order valence-electron chi connectivity index (χ3n) is 4.74. The lowest BCUT2D eigenvalue weighted by atomic mass is 9.90. The zero-order chi connectivity index (χ0) is 21.8. The van der Waals surface area contributed by atoms with Gasteiger partial charge >= 0.3 is 12.4 Å². The third kappa shape index (κ3) is 3.93. The molecule has 3 heterocycles. The van der Waals surface area contributed by atoms with Crippen molar-refractivity contribution in [3.8, 4) is 5.82 Å². The van der Waals surface area contributed by atoms with Crippen molar-refractivity contribution in [2.45, 2.75) is 32.3 Å². The molecule has 1 fully saturated rings. The first-order chi connectivity index (χ1) is 13.2. The van der Waals surface area contributed by atoms with Crippen LogP contribution >= 0.6 is 0 Å². The van der Waals surface area contributed by atoms with Gasteiger partial charge in [-0.15, -0.1) is 0 Å². The molecule has 1 aliphatic heterocycles. The van der Waals surface area contributed by atoms with E-state index in [4.69, 9.17) is 0 Å². The SMILES string of the molecule is CC1(C)CN(C(=O)c2cnn(-c3ccc(C(F)(F)F)cn3)c2C(F)(F)F)C[C@H]1O. The van der Waals surface area contributed by atoms with E-state index in [0.717, 1.165) is 11.0 Å². The highest BCUT2D eigenvalue weighted by molar-refractivity contribution is 5.95. The molecule has 1 N–H and O–H groups in total. The first-order valence-corrected chi connectivity index (χ1v) is 8.38. The van der Waals surface area contributed by atoms with Gasteiger partial charge in [0, 0.05) is 24.7 Å². The van der Waals surface area contributed by atoms with Gasteiger partial charge in [-0.2, -0.15) is 31.4 Å². The van der Waals surface area contributed by atoms with Crippen molar-refractivity contribution in [3.63, 3.8) is 0 Å². The summed E-state index contributed by atoms with van der Waals surface area (Å²) in [6.45, 7) is 3.23. The number of halogens is 6. The molecule has 0 bridgehead atoms. The van der Waals surface area contributed by atoms with Gasteiger partial charge in [0.2, 0.25) is 0 Å². The van der Waals surface area contributed by atoms with Gasteiger partial charge in [-0.1, -0.05) is 13.8 Å². The predicted molar refractivity (Wildman–Crippen MR) is 87.1 cm³/mol. The molecular formula is C17H16F6N4O2. The van der Waals surface area contributed by atoms with Crippen molar-refractivity contribution in [1.29, 1.82) is 0 Å². The van der Waals surface area contributed by atoms with E-state index in [1.165, 1.54) is 0 Å². The molecule has 0 unspecified atom stereocenters. The van der Waals surface area contributed by atoms with Crippen molar-refractivity contribution in [3.05, 3.63) is 41.3 Å². The van der Waals surface area contributed by atoms with Crippen LogP contribution in [0.5, 0.6) is 0 Å². The Balaban J connectivity index is 2.02.